The summed E-state index contributed by atoms with van der Waals surface area (Å²) in [6.07, 6.45) is -4.66. The van der Waals surface area contributed by atoms with Gasteiger partial charge in [-0.2, -0.15) is 0 Å². The summed E-state index contributed by atoms with van der Waals surface area (Å²) in [6.45, 7) is 7.47. The highest BCUT2D eigenvalue weighted by Gasteiger charge is 2.31. The molecule has 1 aromatic rings. The number of halogens is 3. The molecule has 0 unspecified atom stereocenters. The summed E-state index contributed by atoms with van der Waals surface area (Å²) >= 11 is 0. The molecular formula is C13H19F3N2O. The Labute approximate surface area is 111 Å². The summed E-state index contributed by atoms with van der Waals surface area (Å²) in [6, 6.07) is 5.80. The van der Waals surface area contributed by atoms with Gasteiger partial charge in [-0.05, 0) is 32.9 Å². The zero-order chi connectivity index (χ0) is 14.5. The number of hydrogen-bond donors (Lipinski definition) is 2. The van der Waals surface area contributed by atoms with Crippen LogP contribution in [0.1, 0.15) is 20.8 Å². The molecular weight excluding hydrogens is 257 g/mol. The Morgan fingerprint density at radius 1 is 1.11 bits per heavy atom. The molecule has 0 aliphatic heterocycles. The van der Waals surface area contributed by atoms with Crippen LogP contribution in [0.15, 0.2) is 24.3 Å². The van der Waals surface area contributed by atoms with Crippen molar-refractivity contribution < 1.29 is 17.9 Å². The molecule has 0 atom stereocenters. The van der Waals surface area contributed by atoms with E-state index in [1.807, 2.05) is 20.8 Å². The minimum Gasteiger partial charge on any atom is -0.406 e. The fourth-order valence-corrected chi connectivity index (χ4v) is 1.45. The summed E-state index contributed by atoms with van der Waals surface area (Å²) in [5, 5.41) is 6.30. The quantitative estimate of drug-likeness (QED) is 0.809. The third-order valence-electron chi connectivity index (χ3n) is 2.18. The van der Waals surface area contributed by atoms with Crippen molar-refractivity contribution >= 4 is 5.69 Å². The second-order valence-electron chi connectivity index (χ2n) is 5.18. The molecule has 0 fully saturated rings. The van der Waals surface area contributed by atoms with E-state index >= 15 is 0 Å². The van der Waals surface area contributed by atoms with Gasteiger partial charge in [0.25, 0.3) is 0 Å². The molecule has 0 saturated carbocycles. The zero-order valence-corrected chi connectivity index (χ0v) is 11.3. The second-order valence-corrected chi connectivity index (χ2v) is 5.18. The topological polar surface area (TPSA) is 33.3 Å². The van der Waals surface area contributed by atoms with Gasteiger partial charge in [-0.25, -0.2) is 0 Å². The summed E-state index contributed by atoms with van der Waals surface area (Å²) in [5.41, 5.74) is 0.612. The molecule has 6 heteroatoms. The van der Waals surface area contributed by atoms with Crippen molar-refractivity contribution in [3.8, 4) is 5.75 Å². The van der Waals surface area contributed by atoms with E-state index in [9.17, 15) is 13.2 Å². The largest absolute Gasteiger partial charge is 0.573 e. The Morgan fingerprint density at radius 2 is 1.79 bits per heavy atom. The number of alkyl halides is 3. The van der Waals surface area contributed by atoms with Crippen molar-refractivity contribution in [3.05, 3.63) is 24.3 Å². The van der Waals surface area contributed by atoms with Crippen molar-refractivity contribution in [1.29, 1.82) is 0 Å². The van der Waals surface area contributed by atoms with E-state index in [1.54, 1.807) is 6.07 Å². The average molecular weight is 276 g/mol. The maximum Gasteiger partial charge on any atom is 0.573 e. The molecule has 1 rings (SSSR count). The number of hydrogen-bond acceptors (Lipinski definition) is 3. The molecule has 0 radical (unpaired) electrons. The molecule has 0 aliphatic rings. The first-order valence-electron chi connectivity index (χ1n) is 6.00. The van der Waals surface area contributed by atoms with Gasteiger partial charge in [0.2, 0.25) is 0 Å². The van der Waals surface area contributed by atoms with Gasteiger partial charge in [-0.15, -0.1) is 13.2 Å². The van der Waals surface area contributed by atoms with E-state index < -0.39 is 6.36 Å². The maximum atomic E-state index is 12.1. The van der Waals surface area contributed by atoms with Crippen LogP contribution in [0, 0.1) is 0 Å². The van der Waals surface area contributed by atoms with E-state index in [0.29, 0.717) is 18.8 Å². The first-order valence-corrected chi connectivity index (χ1v) is 6.00. The van der Waals surface area contributed by atoms with Crippen LogP contribution in [-0.4, -0.2) is 25.0 Å². The van der Waals surface area contributed by atoms with Gasteiger partial charge in [-0.3, -0.25) is 0 Å². The predicted octanol–water partition coefficient (Wildman–Crippen LogP) is 3.39. The third kappa shape index (κ3) is 7.56. The number of nitrogens with one attached hydrogen (secondary N) is 2. The summed E-state index contributed by atoms with van der Waals surface area (Å²) in [4.78, 5) is 0. The fraction of sp³-hybridized carbons (Fsp3) is 0.538. The number of ether oxygens (including phenoxy) is 1. The second kappa shape index (κ2) is 6.14. The van der Waals surface area contributed by atoms with Crippen LogP contribution in [0.2, 0.25) is 0 Å². The Bertz CT molecular complexity index is 400. The van der Waals surface area contributed by atoms with E-state index in [1.165, 1.54) is 18.2 Å². The SMILES string of the molecule is CC(C)(C)NCCNc1cccc(OC(F)(F)F)c1. The fourth-order valence-electron chi connectivity index (χ4n) is 1.45. The Hall–Kier alpha value is -1.43. The molecule has 0 bridgehead atoms. The molecule has 108 valence electrons. The molecule has 2 N–H and O–H groups in total. The Balaban J connectivity index is 2.44. The van der Waals surface area contributed by atoms with Crippen LogP contribution in [0.3, 0.4) is 0 Å². The Morgan fingerprint density at radius 3 is 2.37 bits per heavy atom. The molecule has 0 heterocycles. The van der Waals surface area contributed by atoms with Crippen molar-refractivity contribution in [2.24, 2.45) is 0 Å². The predicted molar refractivity (Wildman–Crippen MR) is 69.4 cm³/mol. The lowest BCUT2D eigenvalue weighted by atomic mass is 10.1. The van der Waals surface area contributed by atoms with Gasteiger partial charge < -0.3 is 15.4 Å². The molecule has 3 nitrogen and oxygen atoms in total. The summed E-state index contributed by atoms with van der Waals surface area (Å²) in [5.74, 6) is -0.221. The molecule has 19 heavy (non-hydrogen) atoms. The van der Waals surface area contributed by atoms with Gasteiger partial charge in [0.05, 0.1) is 0 Å². The van der Waals surface area contributed by atoms with Crippen LogP contribution < -0.4 is 15.4 Å². The van der Waals surface area contributed by atoms with Crippen molar-refractivity contribution in [2.75, 3.05) is 18.4 Å². The normalized spacial score (nSPS) is 12.3. The van der Waals surface area contributed by atoms with Gasteiger partial charge >= 0.3 is 6.36 Å². The molecule has 1 aromatic carbocycles. The van der Waals surface area contributed by atoms with Gasteiger partial charge in [0.15, 0.2) is 0 Å². The van der Waals surface area contributed by atoms with E-state index in [4.69, 9.17) is 0 Å². The molecule has 0 spiro atoms. The lowest BCUT2D eigenvalue weighted by molar-refractivity contribution is -0.274. The number of rotatable bonds is 5. The van der Waals surface area contributed by atoms with E-state index in [0.717, 1.165) is 0 Å². The van der Waals surface area contributed by atoms with E-state index in [2.05, 4.69) is 15.4 Å². The molecule has 0 amide bonds. The van der Waals surface area contributed by atoms with E-state index in [-0.39, 0.29) is 11.3 Å². The first kappa shape index (κ1) is 15.6. The van der Waals surface area contributed by atoms with Crippen LogP contribution >= 0.6 is 0 Å². The summed E-state index contributed by atoms with van der Waals surface area (Å²) < 4.78 is 40.0. The van der Waals surface area contributed by atoms with Crippen LogP contribution in [0.25, 0.3) is 0 Å². The Kier molecular flexibility index (Phi) is 5.05. The lowest BCUT2D eigenvalue weighted by Gasteiger charge is -2.20. The lowest BCUT2D eigenvalue weighted by Crippen LogP contribution is -2.38. The van der Waals surface area contributed by atoms with Crippen molar-refractivity contribution in [3.63, 3.8) is 0 Å². The number of anilines is 1. The highest BCUT2D eigenvalue weighted by molar-refractivity contribution is 5.48. The van der Waals surface area contributed by atoms with Crippen LogP contribution in [-0.2, 0) is 0 Å². The average Bonchev–Trinajstić information content (AvgIpc) is 2.21. The molecule has 0 aliphatic carbocycles. The van der Waals surface area contributed by atoms with Gasteiger partial charge in [0, 0.05) is 30.4 Å². The first-order chi connectivity index (χ1) is 8.66. The highest BCUT2D eigenvalue weighted by atomic mass is 19.4. The smallest absolute Gasteiger partial charge is 0.406 e. The minimum atomic E-state index is -4.66. The standard InChI is InChI=1S/C13H19F3N2O/c1-12(2,3)18-8-7-17-10-5-4-6-11(9-10)19-13(14,15)16/h4-6,9,17-18H,7-8H2,1-3H3. The van der Waals surface area contributed by atoms with Crippen LogP contribution in [0.5, 0.6) is 5.75 Å². The highest BCUT2D eigenvalue weighted by Crippen LogP contribution is 2.24. The monoisotopic (exact) mass is 276 g/mol. The van der Waals surface area contributed by atoms with Crippen LogP contribution in [0.4, 0.5) is 18.9 Å². The maximum absolute atomic E-state index is 12.1. The van der Waals surface area contributed by atoms with Gasteiger partial charge in [-0.1, -0.05) is 6.07 Å². The zero-order valence-electron chi connectivity index (χ0n) is 11.3. The summed E-state index contributed by atoms with van der Waals surface area (Å²) in [7, 11) is 0. The van der Waals surface area contributed by atoms with Gasteiger partial charge in [0.1, 0.15) is 5.75 Å². The molecule has 0 aromatic heterocycles. The third-order valence-corrected chi connectivity index (χ3v) is 2.18. The minimum absolute atomic E-state index is 0.0168. The van der Waals surface area contributed by atoms with Crippen molar-refractivity contribution in [1.82, 2.24) is 5.32 Å². The molecule has 0 saturated heterocycles. The van der Waals surface area contributed by atoms with Crippen molar-refractivity contribution in [2.45, 2.75) is 32.7 Å². The number of benzene rings is 1.